The van der Waals surface area contributed by atoms with Crippen LogP contribution in [-0.2, 0) is 6.54 Å². The molecule has 0 aliphatic carbocycles. The highest BCUT2D eigenvalue weighted by Gasteiger charge is 2.16. The van der Waals surface area contributed by atoms with Crippen molar-refractivity contribution in [2.45, 2.75) is 6.54 Å². The summed E-state index contributed by atoms with van der Waals surface area (Å²) >= 11 is 5.88. The molecule has 2 aromatic rings. The lowest BCUT2D eigenvalue weighted by atomic mass is 10.1. The maximum absolute atomic E-state index is 9.95. The molecular weight excluding hydrogens is 292 g/mol. The van der Waals surface area contributed by atoms with Crippen molar-refractivity contribution in [3.8, 4) is 23.3 Å². The Bertz CT molecular complexity index is 740. The van der Waals surface area contributed by atoms with Crippen molar-refractivity contribution < 1.29 is 14.6 Å². The molecule has 0 saturated heterocycles. The lowest BCUT2D eigenvalue weighted by molar-refractivity contribution is 0.174. The summed E-state index contributed by atoms with van der Waals surface area (Å²) in [6.45, 7) is 0.545. The number of rotatable bonds is 3. The van der Waals surface area contributed by atoms with Crippen molar-refractivity contribution in [1.29, 1.82) is 5.26 Å². The van der Waals surface area contributed by atoms with Crippen LogP contribution in [0.15, 0.2) is 30.3 Å². The summed E-state index contributed by atoms with van der Waals surface area (Å²) in [6.07, 6.45) is 0. The number of halogens is 1. The second kappa shape index (κ2) is 5.43. The number of nitrogens with one attached hydrogen (secondary N) is 1. The Labute approximate surface area is 126 Å². The fraction of sp³-hybridized carbons (Fsp3) is 0.133. The fourth-order valence-corrected chi connectivity index (χ4v) is 2.19. The van der Waals surface area contributed by atoms with E-state index >= 15 is 0 Å². The number of anilines is 1. The minimum absolute atomic E-state index is 0.126. The number of nitrogens with zero attached hydrogens (tertiary/aromatic N) is 1. The monoisotopic (exact) mass is 302 g/mol. The normalized spacial score (nSPS) is 12.0. The van der Waals surface area contributed by atoms with Gasteiger partial charge < -0.3 is 19.9 Å². The van der Waals surface area contributed by atoms with E-state index in [1.807, 2.05) is 6.07 Å². The van der Waals surface area contributed by atoms with Crippen molar-refractivity contribution in [1.82, 2.24) is 0 Å². The molecule has 1 aliphatic rings. The van der Waals surface area contributed by atoms with Gasteiger partial charge in [0.25, 0.3) is 0 Å². The van der Waals surface area contributed by atoms with E-state index in [2.05, 4.69) is 5.32 Å². The molecule has 0 aromatic heterocycles. The molecule has 0 radical (unpaired) electrons. The van der Waals surface area contributed by atoms with Crippen LogP contribution in [0.2, 0.25) is 5.02 Å². The first-order chi connectivity index (χ1) is 10.2. The van der Waals surface area contributed by atoms with Gasteiger partial charge in [-0.25, -0.2) is 0 Å². The van der Waals surface area contributed by atoms with Gasteiger partial charge in [-0.3, -0.25) is 0 Å². The molecular formula is C15H11ClN2O3. The summed E-state index contributed by atoms with van der Waals surface area (Å²) in [5.74, 6) is 1.27. The summed E-state index contributed by atoms with van der Waals surface area (Å²) < 4.78 is 10.5. The number of hydrogen-bond donors (Lipinski definition) is 2. The van der Waals surface area contributed by atoms with Crippen molar-refractivity contribution in [2.24, 2.45) is 0 Å². The Hall–Kier alpha value is -2.58. The zero-order valence-electron chi connectivity index (χ0n) is 10.9. The number of phenols is 1. The number of fused-ring (bicyclic) bond motifs is 1. The molecule has 21 heavy (non-hydrogen) atoms. The van der Waals surface area contributed by atoms with Gasteiger partial charge in [-0.1, -0.05) is 11.6 Å². The largest absolute Gasteiger partial charge is 0.507 e. The van der Waals surface area contributed by atoms with Crippen molar-refractivity contribution in [3.05, 3.63) is 46.5 Å². The molecule has 0 amide bonds. The molecule has 0 fully saturated rings. The Kier molecular flexibility index (Phi) is 3.46. The molecule has 0 spiro atoms. The van der Waals surface area contributed by atoms with E-state index in [4.69, 9.17) is 26.3 Å². The third-order valence-corrected chi connectivity index (χ3v) is 3.47. The van der Waals surface area contributed by atoms with E-state index in [1.54, 1.807) is 24.3 Å². The van der Waals surface area contributed by atoms with Gasteiger partial charge in [-0.15, -0.1) is 0 Å². The van der Waals surface area contributed by atoms with Gasteiger partial charge >= 0.3 is 0 Å². The predicted octanol–water partition coefficient (Wildman–Crippen LogP) is 3.26. The quantitative estimate of drug-likeness (QED) is 0.910. The van der Waals surface area contributed by atoms with Gasteiger partial charge in [-0.05, 0) is 24.3 Å². The summed E-state index contributed by atoms with van der Waals surface area (Å²) in [7, 11) is 0. The third-order valence-electron chi connectivity index (χ3n) is 3.14. The topological polar surface area (TPSA) is 74.5 Å². The number of nitriles is 1. The number of aromatic hydroxyl groups is 1. The molecule has 0 saturated carbocycles. The van der Waals surface area contributed by atoms with E-state index in [0.717, 1.165) is 5.69 Å². The number of hydrogen-bond acceptors (Lipinski definition) is 5. The molecule has 0 atom stereocenters. The fourth-order valence-electron chi connectivity index (χ4n) is 2.03. The third kappa shape index (κ3) is 2.67. The molecule has 3 rings (SSSR count). The van der Waals surface area contributed by atoms with Crippen LogP contribution >= 0.6 is 11.6 Å². The van der Waals surface area contributed by atoms with E-state index in [1.165, 1.54) is 6.07 Å². The first-order valence-corrected chi connectivity index (χ1v) is 6.60. The minimum atomic E-state index is 0.126. The maximum atomic E-state index is 9.95. The Balaban J connectivity index is 1.78. The van der Waals surface area contributed by atoms with E-state index in [9.17, 15) is 5.11 Å². The Morgan fingerprint density at radius 1 is 1.24 bits per heavy atom. The molecule has 6 heteroatoms. The summed E-state index contributed by atoms with van der Waals surface area (Å²) in [6, 6.07) is 10.4. The number of ether oxygens (including phenoxy) is 2. The molecule has 2 N–H and O–H groups in total. The average molecular weight is 303 g/mol. The van der Waals surface area contributed by atoms with E-state index < -0.39 is 0 Å². The smallest absolute Gasteiger partial charge is 0.231 e. The van der Waals surface area contributed by atoms with Crippen LogP contribution < -0.4 is 14.8 Å². The van der Waals surface area contributed by atoms with Crippen LogP contribution in [0.5, 0.6) is 17.2 Å². The van der Waals surface area contributed by atoms with Crippen LogP contribution in [0.4, 0.5) is 5.69 Å². The van der Waals surface area contributed by atoms with Crippen LogP contribution in [0.1, 0.15) is 11.1 Å². The van der Waals surface area contributed by atoms with Crippen LogP contribution in [0.25, 0.3) is 0 Å². The second-order valence-electron chi connectivity index (χ2n) is 4.49. The highest BCUT2D eigenvalue weighted by molar-refractivity contribution is 6.31. The first kappa shape index (κ1) is 13.4. The van der Waals surface area contributed by atoms with Crippen molar-refractivity contribution in [2.75, 3.05) is 12.1 Å². The van der Waals surface area contributed by atoms with Crippen LogP contribution in [-0.4, -0.2) is 11.9 Å². The van der Waals surface area contributed by atoms with Gasteiger partial charge in [0.2, 0.25) is 6.79 Å². The van der Waals surface area contributed by atoms with Crippen LogP contribution in [0.3, 0.4) is 0 Å². The van der Waals surface area contributed by atoms with Gasteiger partial charge in [-0.2, -0.15) is 5.26 Å². The van der Waals surface area contributed by atoms with Crippen LogP contribution in [0, 0.1) is 11.3 Å². The zero-order chi connectivity index (χ0) is 14.8. The van der Waals surface area contributed by atoms with E-state index in [0.29, 0.717) is 34.2 Å². The molecule has 5 nitrogen and oxygen atoms in total. The Morgan fingerprint density at radius 3 is 2.76 bits per heavy atom. The molecule has 2 aromatic carbocycles. The lowest BCUT2D eigenvalue weighted by Gasteiger charge is -2.10. The molecule has 0 bridgehead atoms. The molecule has 1 heterocycles. The van der Waals surface area contributed by atoms with Gasteiger partial charge in [0.1, 0.15) is 11.8 Å². The molecule has 1 aliphatic heterocycles. The van der Waals surface area contributed by atoms with Crippen molar-refractivity contribution >= 4 is 17.3 Å². The lowest BCUT2D eigenvalue weighted by Crippen LogP contribution is -2.00. The second-order valence-corrected chi connectivity index (χ2v) is 4.90. The predicted molar refractivity (Wildman–Crippen MR) is 77.7 cm³/mol. The number of phenolic OH excluding ortho intramolecular Hbond substituents is 1. The Morgan fingerprint density at radius 2 is 2.00 bits per heavy atom. The SMILES string of the molecule is N#Cc1cc(NCc2cc3c(cc2O)OCO3)ccc1Cl. The zero-order valence-corrected chi connectivity index (χ0v) is 11.6. The average Bonchev–Trinajstić information content (AvgIpc) is 2.93. The summed E-state index contributed by atoms with van der Waals surface area (Å²) in [5, 5.41) is 22.4. The van der Waals surface area contributed by atoms with Gasteiger partial charge in [0, 0.05) is 23.9 Å². The van der Waals surface area contributed by atoms with Gasteiger partial charge in [0.15, 0.2) is 11.5 Å². The summed E-state index contributed by atoms with van der Waals surface area (Å²) in [5.41, 5.74) is 1.82. The summed E-state index contributed by atoms with van der Waals surface area (Å²) in [4.78, 5) is 0. The van der Waals surface area contributed by atoms with Gasteiger partial charge in [0.05, 0.1) is 10.6 Å². The van der Waals surface area contributed by atoms with E-state index in [-0.39, 0.29) is 12.5 Å². The van der Waals surface area contributed by atoms with Crippen molar-refractivity contribution in [3.63, 3.8) is 0 Å². The first-order valence-electron chi connectivity index (χ1n) is 6.22. The standard InChI is InChI=1S/C15H11ClN2O3/c16-12-2-1-11(3-9(12)6-17)18-7-10-4-14-15(5-13(10)19)21-8-20-14/h1-5,18-19H,7-8H2. The molecule has 0 unspecified atom stereocenters. The molecule has 106 valence electrons. The maximum Gasteiger partial charge on any atom is 0.231 e. The minimum Gasteiger partial charge on any atom is -0.507 e. The highest BCUT2D eigenvalue weighted by Crippen LogP contribution is 2.37. The number of benzene rings is 2. The highest BCUT2D eigenvalue weighted by atomic mass is 35.5.